The molecule has 1 unspecified atom stereocenters. The van der Waals surface area contributed by atoms with Gasteiger partial charge in [0.15, 0.2) is 0 Å². The molecule has 0 heterocycles. The summed E-state index contributed by atoms with van der Waals surface area (Å²) in [6.07, 6.45) is 12.0. The lowest BCUT2D eigenvalue weighted by Gasteiger charge is -2.43. The van der Waals surface area contributed by atoms with Crippen LogP contribution in [0.3, 0.4) is 0 Å². The topological polar surface area (TPSA) is 20.2 Å². The molecule has 1 nitrogen and oxygen atoms in total. The van der Waals surface area contributed by atoms with Gasteiger partial charge >= 0.3 is 0 Å². The second-order valence-electron chi connectivity index (χ2n) is 9.43. The van der Waals surface area contributed by atoms with E-state index in [0.717, 1.165) is 31.7 Å². The highest BCUT2D eigenvalue weighted by molar-refractivity contribution is 5.18. The minimum atomic E-state index is -0.662. The first-order valence-corrected chi connectivity index (χ1v) is 11.9. The highest BCUT2D eigenvalue weighted by atomic mass is 19.1. The lowest BCUT2D eigenvalue weighted by atomic mass is 9.68. The van der Waals surface area contributed by atoms with E-state index < -0.39 is 17.2 Å². The second kappa shape index (κ2) is 13.4. The maximum atomic E-state index is 13.9. The Bertz CT molecular complexity index is 560. The van der Waals surface area contributed by atoms with Crippen LogP contribution in [0.15, 0.2) is 18.2 Å². The number of unbranched alkanes of at least 4 members (excludes halogenated alkanes) is 6. The SMILES string of the molecule is CCCCCCCCC(CCCCc1ccc(F)cc1F)C(O)(C(C)C)C(C)C. The summed E-state index contributed by atoms with van der Waals surface area (Å²) in [7, 11) is 0. The third-order valence-corrected chi connectivity index (χ3v) is 6.67. The van der Waals surface area contributed by atoms with Crippen molar-refractivity contribution in [1.29, 1.82) is 0 Å². The van der Waals surface area contributed by atoms with Gasteiger partial charge in [-0.3, -0.25) is 0 Å². The first kappa shape index (κ1) is 26.1. The average molecular weight is 411 g/mol. The van der Waals surface area contributed by atoms with Crippen molar-refractivity contribution in [3.63, 3.8) is 0 Å². The zero-order valence-electron chi connectivity index (χ0n) is 19.4. The van der Waals surface area contributed by atoms with Gasteiger partial charge in [-0.25, -0.2) is 8.78 Å². The Kier molecular flexibility index (Phi) is 12.0. The predicted molar refractivity (Wildman–Crippen MR) is 120 cm³/mol. The molecule has 1 N–H and O–H groups in total. The van der Waals surface area contributed by atoms with Gasteiger partial charge in [-0.15, -0.1) is 0 Å². The van der Waals surface area contributed by atoms with Crippen LogP contribution in [-0.4, -0.2) is 10.7 Å². The fraction of sp³-hybridized carbons (Fsp3) is 0.769. The Balaban J connectivity index is 2.62. The summed E-state index contributed by atoms with van der Waals surface area (Å²) in [5, 5.41) is 11.6. The normalized spacial score (nSPS) is 13.4. The van der Waals surface area contributed by atoms with E-state index in [0.29, 0.717) is 12.0 Å². The second-order valence-corrected chi connectivity index (χ2v) is 9.43. The van der Waals surface area contributed by atoms with Crippen LogP contribution < -0.4 is 0 Å². The number of hydrogen-bond donors (Lipinski definition) is 1. The lowest BCUT2D eigenvalue weighted by molar-refractivity contribution is -0.102. The fourth-order valence-corrected chi connectivity index (χ4v) is 4.82. The molecule has 0 aliphatic heterocycles. The van der Waals surface area contributed by atoms with Gasteiger partial charge in [0.05, 0.1) is 5.60 Å². The Morgan fingerprint density at radius 3 is 1.93 bits per heavy atom. The van der Waals surface area contributed by atoms with Crippen LogP contribution in [0.4, 0.5) is 8.78 Å². The monoisotopic (exact) mass is 410 g/mol. The first-order chi connectivity index (χ1) is 13.7. The number of hydrogen-bond acceptors (Lipinski definition) is 1. The molecule has 1 aromatic rings. The largest absolute Gasteiger partial charge is 0.389 e. The molecule has 0 aliphatic carbocycles. The molecule has 0 spiro atoms. The van der Waals surface area contributed by atoms with Crippen molar-refractivity contribution in [3.05, 3.63) is 35.4 Å². The minimum absolute atomic E-state index is 0.210. The van der Waals surface area contributed by atoms with Crippen molar-refractivity contribution in [2.45, 2.75) is 111 Å². The van der Waals surface area contributed by atoms with E-state index >= 15 is 0 Å². The standard InChI is InChI=1S/C26H44F2O/c1-6-7-8-9-10-11-15-23(26(29,20(2)3)21(4)5)16-13-12-14-22-17-18-24(27)19-25(22)28/h17-21,23,29H,6-16H2,1-5H3. The number of aliphatic hydroxyl groups is 1. The molecule has 0 saturated carbocycles. The van der Waals surface area contributed by atoms with Gasteiger partial charge in [0.2, 0.25) is 0 Å². The summed E-state index contributed by atoms with van der Waals surface area (Å²) < 4.78 is 26.9. The van der Waals surface area contributed by atoms with Crippen LogP contribution in [0, 0.1) is 29.4 Å². The highest BCUT2D eigenvalue weighted by Gasteiger charge is 2.41. The smallest absolute Gasteiger partial charge is 0.129 e. The van der Waals surface area contributed by atoms with Gasteiger partial charge in [-0.05, 0) is 55.1 Å². The maximum absolute atomic E-state index is 13.9. The zero-order valence-corrected chi connectivity index (χ0v) is 19.4. The quantitative estimate of drug-likeness (QED) is 0.290. The van der Waals surface area contributed by atoms with E-state index in [9.17, 15) is 13.9 Å². The molecular weight excluding hydrogens is 366 g/mol. The molecule has 0 aliphatic rings. The zero-order chi connectivity index (χ0) is 21.9. The van der Waals surface area contributed by atoms with Crippen LogP contribution in [0.5, 0.6) is 0 Å². The highest BCUT2D eigenvalue weighted by Crippen LogP contribution is 2.39. The van der Waals surface area contributed by atoms with Gasteiger partial charge < -0.3 is 5.11 Å². The summed E-state index contributed by atoms with van der Waals surface area (Å²) in [5.74, 6) is -0.283. The van der Waals surface area contributed by atoms with Gasteiger partial charge in [0, 0.05) is 6.07 Å². The summed E-state index contributed by atoms with van der Waals surface area (Å²) in [6.45, 7) is 10.7. The molecule has 0 fully saturated rings. The molecule has 0 bridgehead atoms. The Labute approximate surface area is 178 Å². The Morgan fingerprint density at radius 2 is 1.38 bits per heavy atom. The molecule has 29 heavy (non-hydrogen) atoms. The number of halogens is 2. The van der Waals surface area contributed by atoms with Crippen molar-refractivity contribution in [2.75, 3.05) is 0 Å². The van der Waals surface area contributed by atoms with Crippen LogP contribution in [0.25, 0.3) is 0 Å². The lowest BCUT2D eigenvalue weighted by Crippen LogP contribution is -2.47. The van der Waals surface area contributed by atoms with Crippen molar-refractivity contribution < 1.29 is 13.9 Å². The Hall–Kier alpha value is -0.960. The van der Waals surface area contributed by atoms with Gasteiger partial charge in [0.25, 0.3) is 0 Å². The first-order valence-electron chi connectivity index (χ1n) is 11.9. The third kappa shape index (κ3) is 8.36. The molecule has 168 valence electrons. The van der Waals surface area contributed by atoms with Crippen LogP contribution in [-0.2, 0) is 6.42 Å². The van der Waals surface area contributed by atoms with E-state index in [1.807, 2.05) is 0 Å². The van der Waals surface area contributed by atoms with Crippen LogP contribution in [0.1, 0.15) is 104 Å². The number of rotatable bonds is 15. The predicted octanol–water partition coefficient (Wildman–Crippen LogP) is 8.09. The average Bonchev–Trinajstić information content (AvgIpc) is 2.66. The number of aryl methyl sites for hydroxylation is 1. The molecule has 3 heteroatoms. The van der Waals surface area contributed by atoms with Gasteiger partial charge in [0.1, 0.15) is 11.6 Å². The van der Waals surface area contributed by atoms with E-state index in [1.54, 1.807) is 6.07 Å². The summed E-state index contributed by atoms with van der Waals surface area (Å²) in [6, 6.07) is 3.85. The number of benzene rings is 1. The molecule has 0 saturated heterocycles. The summed E-state index contributed by atoms with van der Waals surface area (Å²) >= 11 is 0. The van der Waals surface area contributed by atoms with Gasteiger partial charge in [-0.1, -0.05) is 85.6 Å². The molecule has 0 amide bonds. The molecule has 1 rings (SSSR count). The molecule has 0 aromatic heterocycles. The summed E-state index contributed by atoms with van der Waals surface area (Å²) in [5.41, 5.74) is -0.0771. The molecule has 1 atom stereocenters. The van der Waals surface area contributed by atoms with E-state index in [1.165, 1.54) is 44.6 Å². The van der Waals surface area contributed by atoms with Crippen LogP contribution in [0.2, 0.25) is 0 Å². The van der Waals surface area contributed by atoms with E-state index in [4.69, 9.17) is 0 Å². The fourth-order valence-electron chi connectivity index (χ4n) is 4.82. The van der Waals surface area contributed by atoms with Crippen molar-refractivity contribution in [2.24, 2.45) is 17.8 Å². The summed E-state index contributed by atoms with van der Waals surface area (Å²) in [4.78, 5) is 0. The molecule has 1 aromatic carbocycles. The van der Waals surface area contributed by atoms with Crippen LogP contribution >= 0.6 is 0 Å². The molecule has 0 radical (unpaired) electrons. The van der Waals surface area contributed by atoms with E-state index in [-0.39, 0.29) is 17.8 Å². The van der Waals surface area contributed by atoms with Gasteiger partial charge in [-0.2, -0.15) is 0 Å². The van der Waals surface area contributed by atoms with E-state index in [2.05, 4.69) is 34.6 Å². The third-order valence-electron chi connectivity index (χ3n) is 6.67. The minimum Gasteiger partial charge on any atom is -0.389 e. The van der Waals surface area contributed by atoms with Crippen molar-refractivity contribution in [3.8, 4) is 0 Å². The molecular formula is C26H44F2O. The van der Waals surface area contributed by atoms with Crippen molar-refractivity contribution >= 4 is 0 Å². The maximum Gasteiger partial charge on any atom is 0.129 e. The van der Waals surface area contributed by atoms with Crippen molar-refractivity contribution in [1.82, 2.24) is 0 Å². The Morgan fingerprint density at radius 1 is 0.828 bits per heavy atom.